The van der Waals surface area contributed by atoms with Crippen molar-refractivity contribution in [1.82, 2.24) is 0 Å². The molecular weight excluding hydrogens is 989 g/mol. The van der Waals surface area contributed by atoms with Crippen molar-refractivity contribution in [1.29, 1.82) is 0 Å². The van der Waals surface area contributed by atoms with Crippen LogP contribution in [0.5, 0.6) is 0 Å². The highest BCUT2D eigenvalue weighted by molar-refractivity contribution is 6.29. The summed E-state index contributed by atoms with van der Waals surface area (Å²) in [7, 11) is 0. The molecule has 1 unspecified atom stereocenters. The van der Waals surface area contributed by atoms with Gasteiger partial charge >= 0.3 is 0 Å². The van der Waals surface area contributed by atoms with Crippen molar-refractivity contribution >= 4 is 106 Å². The summed E-state index contributed by atoms with van der Waals surface area (Å²) in [4.78, 5) is 4.93. The van der Waals surface area contributed by atoms with Crippen molar-refractivity contribution in [2.24, 2.45) is 5.92 Å². The van der Waals surface area contributed by atoms with Crippen molar-refractivity contribution in [3.05, 3.63) is 235 Å². The van der Waals surface area contributed by atoms with Crippen LogP contribution in [0.4, 0.5) is 34.1 Å². The Morgan fingerprint density at radius 3 is 1.57 bits per heavy atom. The summed E-state index contributed by atoms with van der Waals surface area (Å²) in [6, 6.07) is 77.4. The smallest absolute Gasteiger partial charge is 0.162 e. The third-order valence-electron chi connectivity index (χ3n) is 18.4. The van der Waals surface area contributed by atoms with E-state index >= 15 is 0 Å². The van der Waals surface area contributed by atoms with Crippen LogP contribution in [-0.2, 0) is 0 Å². The van der Waals surface area contributed by atoms with Gasteiger partial charge < -0.3 is 23.1 Å². The third-order valence-corrected chi connectivity index (χ3v) is 18.4. The van der Waals surface area contributed by atoms with E-state index in [1.807, 2.05) is 0 Å². The lowest BCUT2D eigenvalue weighted by molar-refractivity contribution is 0.279. The molecule has 3 aliphatic rings. The second kappa shape index (κ2) is 19.9. The van der Waals surface area contributed by atoms with Gasteiger partial charge in [-0.15, -0.1) is 0 Å². The van der Waals surface area contributed by atoms with E-state index in [1.165, 1.54) is 75.3 Å². The predicted octanol–water partition coefficient (Wildman–Crippen LogP) is 22.8. The fourth-order valence-electron chi connectivity index (χ4n) is 14.6. The number of furan rings is 3. The SMILES string of the molecule is C1=Cc2c(oc3c(N(c4cccc(-c5ccccc5)c4)c4c5ccccc5c(N(c5cccc(-c6ccccc6)c5)c5cccc6c5oc5c(C7CCCCC7)cccc56)c5c4oc4ccccc45)cccc23)C(C2CCCCC2)C1. The first-order chi connectivity index (χ1) is 40.2. The number of hydrogen-bond donors (Lipinski definition) is 0. The summed E-state index contributed by atoms with van der Waals surface area (Å²) in [5.74, 6) is 2.57. The van der Waals surface area contributed by atoms with Gasteiger partial charge in [-0.3, -0.25) is 0 Å². The molecule has 0 bridgehead atoms. The Morgan fingerprint density at radius 2 is 0.889 bits per heavy atom. The van der Waals surface area contributed by atoms with E-state index in [-0.39, 0.29) is 0 Å². The fourth-order valence-corrected chi connectivity index (χ4v) is 14.6. The zero-order valence-electron chi connectivity index (χ0n) is 45.5. The lowest BCUT2D eigenvalue weighted by atomic mass is 9.75. The molecule has 10 aromatic carbocycles. The molecule has 3 heterocycles. The van der Waals surface area contributed by atoms with E-state index in [9.17, 15) is 0 Å². The lowest BCUT2D eigenvalue weighted by Crippen LogP contribution is -2.17. The van der Waals surface area contributed by atoms with Crippen LogP contribution in [0.3, 0.4) is 0 Å². The fraction of sp³-hybridized carbons (Fsp3) is 0.184. The maximum absolute atomic E-state index is 7.56. The van der Waals surface area contributed by atoms with Gasteiger partial charge in [-0.2, -0.15) is 0 Å². The minimum Gasteiger partial charge on any atom is -0.458 e. The number of allylic oxidation sites excluding steroid dienone is 1. The Morgan fingerprint density at radius 1 is 0.370 bits per heavy atom. The molecule has 16 rings (SSSR count). The topological polar surface area (TPSA) is 45.9 Å². The van der Waals surface area contributed by atoms with Gasteiger partial charge in [0.2, 0.25) is 0 Å². The second-order valence-corrected chi connectivity index (χ2v) is 23.0. The molecule has 2 fully saturated rings. The molecule has 0 N–H and O–H groups in total. The Kier molecular flexibility index (Phi) is 11.8. The van der Waals surface area contributed by atoms with Gasteiger partial charge in [-0.05, 0) is 114 Å². The predicted molar refractivity (Wildman–Crippen MR) is 337 cm³/mol. The number of anilines is 6. The van der Waals surface area contributed by atoms with Crippen LogP contribution >= 0.6 is 0 Å². The van der Waals surface area contributed by atoms with Crippen LogP contribution in [0.15, 0.2) is 232 Å². The van der Waals surface area contributed by atoms with E-state index < -0.39 is 0 Å². The molecule has 394 valence electrons. The van der Waals surface area contributed by atoms with Gasteiger partial charge in [0, 0.05) is 55.2 Å². The summed E-state index contributed by atoms with van der Waals surface area (Å²) >= 11 is 0. The Balaban J connectivity index is 1.01. The summed E-state index contributed by atoms with van der Waals surface area (Å²) in [6.45, 7) is 0. The number of hydrogen-bond acceptors (Lipinski definition) is 5. The van der Waals surface area contributed by atoms with Gasteiger partial charge in [0.1, 0.15) is 16.9 Å². The number of para-hydroxylation sites is 4. The highest BCUT2D eigenvalue weighted by Crippen LogP contribution is 2.57. The summed E-state index contributed by atoms with van der Waals surface area (Å²) in [5.41, 5.74) is 17.4. The summed E-state index contributed by atoms with van der Waals surface area (Å²) < 4.78 is 22.5. The molecule has 13 aromatic rings. The highest BCUT2D eigenvalue weighted by atomic mass is 16.3. The molecular formula is C76H62N2O3. The lowest BCUT2D eigenvalue weighted by Gasteiger charge is -2.31. The largest absolute Gasteiger partial charge is 0.458 e. The maximum Gasteiger partial charge on any atom is 0.162 e. The molecule has 3 aliphatic carbocycles. The zero-order valence-corrected chi connectivity index (χ0v) is 45.5. The van der Waals surface area contributed by atoms with Gasteiger partial charge in [0.25, 0.3) is 0 Å². The first-order valence-corrected chi connectivity index (χ1v) is 29.6. The molecule has 1 atom stereocenters. The average molecular weight is 1050 g/mol. The first kappa shape index (κ1) is 47.9. The quantitative estimate of drug-likeness (QED) is 0.128. The number of rotatable bonds is 10. The number of benzene rings is 10. The molecule has 0 aliphatic heterocycles. The van der Waals surface area contributed by atoms with Crippen LogP contribution in [-0.4, -0.2) is 0 Å². The molecule has 5 heteroatoms. The van der Waals surface area contributed by atoms with Gasteiger partial charge in [-0.1, -0.05) is 221 Å². The van der Waals surface area contributed by atoms with Crippen LogP contribution in [0.2, 0.25) is 0 Å². The molecule has 0 radical (unpaired) electrons. The first-order valence-electron chi connectivity index (χ1n) is 29.6. The average Bonchev–Trinajstić information content (AvgIpc) is 4.02. The Bertz CT molecular complexity index is 4550. The molecule has 2 saturated carbocycles. The van der Waals surface area contributed by atoms with Crippen LogP contribution in [0.25, 0.3) is 93.9 Å². The van der Waals surface area contributed by atoms with Crippen molar-refractivity contribution < 1.29 is 13.3 Å². The van der Waals surface area contributed by atoms with Crippen molar-refractivity contribution in [3.8, 4) is 22.3 Å². The van der Waals surface area contributed by atoms with Crippen molar-refractivity contribution in [2.45, 2.75) is 82.5 Å². The van der Waals surface area contributed by atoms with E-state index in [2.05, 4.69) is 234 Å². The highest BCUT2D eigenvalue weighted by Gasteiger charge is 2.35. The molecule has 5 nitrogen and oxygen atoms in total. The third kappa shape index (κ3) is 8.03. The number of nitrogens with zero attached hydrogens (tertiary/aromatic N) is 2. The summed E-state index contributed by atoms with van der Waals surface area (Å²) in [6.07, 6.45) is 18.3. The Labute approximate surface area is 472 Å². The van der Waals surface area contributed by atoms with E-state index in [4.69, 9.17) is 13.3 Å². The molecule has 3 aromatic heterocycles. The minimum atomic E-state index is 0.351. The standard InChI is InChI=1S/C76H62N2O3/c1-5-23-49(24-6-1)53-31-17-33-55(47-53)77(66-44-21-42-63-61-40-19-38-57(72(61)80-74(63)66)51-27-9-3-10-28-51)70-59-35-13-14-36-60(59)71(76-69(70)65-37-15-16-46-68(65)79-76)78(56-34-18-32-54(48-56)50-25-7-2-8-26-50)67-45-22-43-64-62-41-20-39-58(73(62)81-75(64)67)52-29-11-4-12-30-52/h1-2,5-8,13-26,31-38,40-48,51-52,58H,3-4,9-12,27-30,39H2. The van der Waals surface area contributed by atoms with E-state index in [0.717, 1.165) is 134 Å². The second-order valence-electron chi connectivity index (χ2n) is 23.0. The van der Waals surface area contributed by atoms with Crippen LogP contribution in [0.1, 0.15) is 99.4 Å². The normalized spacial score (nSPS) is 16.1. The zero-order chi connectivity index (χ0) is 53.4. The Hall–Kier alpha value is -9.06. The molecule has 0 spiro atoms. The van der Waals surface area contributed by atoms with E-state index in [0.29, 0.717) is 17.8 Å². The van der Waals surface area contributed by atoms with Crippen molar-refractivity contribution in [2.75, 3.05) is 9.80 Å². The molecule has 81 heavy (non-hydrogen) atoms. The summed E-state index contributed by atoms with van der Waals surface area (Å²) in [5, 5.41) is 7.56. The monoisotopic (exact) mass is 1050 g/mol. The van der Waals surface area contributed by atoms with Crippen LogP contribution < -0.4 is 9.80 Å². The van der Waals surface area contributed by atoms with E-state index in [1.54, 1.807) is 0 Å². The molecule has 0 saturated heterocycles. The van der Waals surface area contributed by atoms with Crippen molar-refractivity contribution in [3.63, 3.8) is 0 Å². The maximum atomic E-state index is 7.56. The number of fused-ring (bicyclic) bond motifs is 10. The molecule has 0 amide bonds. The minimum absolute atomic E-state index is 0.351. The van der Waals surface area contributed by atoms with Gasteiger partial charge in [0.15, 0.2) is 16.7 Å². The van der Waals surface area contributed by atoms with Gasteiger partial charge in [0.05, 0.1) is 28.1 Å². The van der Waals surface area contributed by atoms with Gasteiger partial charge in [-0.25, -0.2) is 0 Å². The van der Waals surface area contributed by atoms with Crippen LogP contribution in [0, 0.1) is 5.92 Å².